The Morgan fingerprint density at radius 2 is 1.89 bits per heavy atom. The number of aromatic carboxylic acids is 1. The van der Waals surface area contributed by atoms with Gasteiger partial charge in [0.25, 0.3) is 5.56 Å². The predicted octanol–water partition coefficient (Wildman–Crippen LogP) is 4.01. The summed E-state index contributed by atoms with van der Waals surface area (Å²) in [6, 6.07) is 8.15. The van der Waals surface area contributed by atoms with Crippen LogP contribution in [0, 0.1) is 6.92 Å². The van der Waals surface area contributed by atoms with Gasteiger partial charge in [0.1, 0.15) is 15.5 Å². The molecule has 0 saturated carbocycles. The number of aryl methyl sites for hydroxylation is 1. The number of carboxylic acids is 1. The molecule has 2 aromatic heterocycles. The van der Waals surface area contributed by atoms with Crippen molar-refractivity contribution in [3.05, 3.63) is 56.4 Å². The van der Waals surface area contributed by atoms with Crippen LogP contribution in [0.2, 0.25) is 0 Å². The first kappa shape index (κ1) is 18.8. The molecule has 7 heteroatoms. The van der Waals surface area contributed by atoms with Gasteiger partial charge in [-0.25, -0.2) is 9.78 Å². The molecular formula is C20H21N3O3S. The fourth-order valence-corrected chi connectivity index (χ4v) is 4.03. The Balaban J connectivity index is 1.90. The molecule has 1 aromatic carbocycles. The Morgan fingerprint density at radius 3 is 2.48 bits per heavy atom. The van der Waals surface area contributed by atoms with Crippen molar-refractivity contribution in [2.75, 3.05) is 18.0 Å². The van der Waals surface area contributed by atoms with Crippen molar-refractivity contribution >= 4 is 45.4 Å². The minimum atomic E-state index is -1.04. The summed E-state index contributed by atoms with van der Waals surface area (Å²) in [5.41, 5.74) is 2.29. The maximum atomic E-state index is 12.3. The maximum Gasteiger partial charge on any atom is 0.346 e. The third-order valence-electron chi connectivity index (χ3n) is 4.47. The van der Waals surface area contributed by atoms with E-state index in [0.717, 1.165) is 30.0 Å². The lowest BCUT2D eigenvalue weighted by atomic mass is 10.1. The summed E-state index contributed by atoms with van der Waals surface area (Å²) in [6.45, 7) is 7.78. The van der Waals surface area contributed by atoms with Crippen molar-refractivity contribution in [2.24, 2.45) is 0 Å². The van der Waals surface area contributed by atoms with E-state index in [2.05, 4.69) is 40.8 Å². The van der Waals surface area contributed by atoms with Crippen LogP contribution in [0.15, 0.2) is 29.1 Å². The van der Waals surface area contributed by atoms with Gasteiger partial charge >= 0.3 is 5.97 Å². The minimum absolute atomic E-state index is 0.149. The fourth-order valence-electron chi connectivity index (χ4n) is 3.00. The molecule has 0 aliphatic heterocycles. The fraction of sp³-hybridized carbons (Fsp3) is 0.250. The summed E-state index contributed by atoms with van der Waals surface area (Å²) in [6.07, 6.45) is 3.59. The smallest absolute Gasteiger partial charge is 0.346 e. The van der Waals surface area contributed by atoms with Crippen molar-refractivity contribution in [1.82, 2.24) is 9.97 Å². The van der Waals surface area contributed by atoms with Crippen LogP contribution in [0.1, 0.15) is 40.5 Å². The summed E-state index contributed by atoms with van der Waals surface area (Å²) in [7, 11) is 0. The van der Waals surface area contributed by atoms with Gasteiger partial charge in [-0.05, 0) is 50.1 Å². The number of fused-ring (bicyclic) bond motifs is 1. The number of rotatable bonds is 6. The van der Waals surface area contributed by atoms with E-state index in [-0.39, 0.29) is 10.4 Å². The van der Waals surface area contributed by atoms with Gasteiger partial charge in [0.15, 0.2) is 0 Å². The molecule has 0 fully saturated rings. The van der Waals surface area contributed by atoms with Gasteiger partial charge in [-0.1, -0.05) is 18.2 Å². The Kier molecular flexibility index (Phi) is 5.41. The second-order valence-electron chi connectivity index (χ2n) is 6.09. The van der Waals surface area contributed by atoms with Crippen LogP contribution < -0.4 is 10.5 Å². The molecular weight excluding hydrogens is 362 g/mol. The Bertz CT molecular complexity index is 1060. The highest BCUT2D eigenvalue weighted by Crippen LogP contribution is 2.27. The average Bonchev–Trinajstić information content (AvgIpc) is 2.99. The highest BCUT2D eigenvalue weighted by Gasteiger charge is 2.18. The molecule has 0 atom stereocenters. The molecule has 0 aliphatic rings. The lowest BCUT2D eigenvalue weighted by Gasteiger charge is -2.20. The topological polar surface area (TPSA) is 86.3 Å². The molecule has 27 heavy (non-hydrogen) atoms. The SMILES string of the molecule is CCN(CC)c1ccc(/C=C/c2nc3sc(C(=O)O)c(C)c3c(=O)[nH]2)cc1. The van der Waals surface area contributed by atoms with Crippen molar-refractivity contribution in [3.63, 3.8) is 0 Å². The molecule has 0 radical (unpaired) electrons. The van der Waals surface area contributed by atoms with E-state index in [1.165, 1.54) is 5.69 Å². The van der Waals surface area contributed by atoms with E-state index in [9.17, 15) is 14.7 Å². The van der Waals surface area contributed by atoms with Crippen molar-refractivity contribution in [2.45, 2.75) is 20.8 Å². The number of anilines is 1. The quantitative estimate of drug-likeness (QED) is 0.672. The largest absolute Gasteiger partial charge is 0.477 e. The Labute approximate surface area is 160 Å². The summed E-state index contributed by atoms with van der Waals surface area (Å²) in [5, 5.41) is 9.57. The monoisotopic (exact) mass is 383 g/mol. The number of nitrogens with zero attached hydrogens (tertiary/aromatic N) is 2. The van der Waals surface area contributed by atoms with Gasteiger partial charge in [0.05, 0.1) is 5.39 Å². The van der Waals surface area contributed by atoms with E-state index in [4.69, 9.17) is 0 Å². The molecule has 0 bridgehead atoms. The van der Waals surface area contributed by atoms with Crippen LogP contribution in [0.25, 0.3) is 22.4 Å². The molecule has 2 heterocycles. The van der Waals surface area contributed by atoms with Crippen molar-refractivity contribution in [1.29, 1.82) is 0 Å². The van der Waals surface area contributed by atoms with Crippen molar-refractivity contribution in [3.8, 4) is 0 Å². The molecule has 0 spiro atoms. The first-order valence-electron chi connectivity index (χ1n) is 8.74. The first-order valence-corrected chi connectivity index (χ1v) is 9.56. The lowest BCUT2D eigenvalue weighted by molar-refractivity contribution is 0.0701. The van der Waals surface area contributed by atoms with E-state index >= 15 is 0 Å². The summed E-state index contributed by atoms with van der Waals surface area (Å²) >= 11 is 1.02. The number of thiophene rings is 1. The van der Waals surface area contributed by atoms with Crippen LogP contribution in [0.5, 0.6) is 0 Å². The zero-order valence-corrected chi connectivity index (χ0v) is 16.3. The van der Waals surface area contributed by atoms with E-state index < -0.39 is 5.97 Å². The number of hydrogen-bond donors (Lipinski definition) is 2. The van der Waals surface area contributed by atoms with Gasteiger partial charge in [0.2, 0.25) is 0 Å². The molecule has 0 amide bonds. The minimum Gasteiger partial charge on any atom is -0.477 e. The first-order chi connectivity index (χ1) is 12.9. The van der Waals surface area contributed by atoms with Gasteiger partial charge in [-0.15, -0.1) is 11.3 Å². The molecule has 0 aliphatic carbocycles. The number of aromatic amines is 1. The van der Waals surface area contributed by atoms with E-state index in [0.29, 0.717) is 21.6 Å². The molecule has 2 N–H and O–H groups in total. The summed E-state index contributed by atoms with van der Waals surface area (Å²) in [5.74, 6) is -0.640. The van der Waals surface area contributed by atoms with Crippen LogP contribution in [0.3, 0.4) is 0 Å². The van der Waals surface area contributed by atoms with Crippen LogP contribution >= 0.6 is 11.3 Å². The number of aromatic nitrogens is 2. The number of nitrogens with one attached hydrogen (secondary N) is 1. The van der Waals surface area contributed by atoms with Gasteiger partial charge in [-0.2, -0.15) is 0 Å². The Morgan fingerprint density at radius 1 is 1.22 bits per heavy atom. The van der Waals surface area contributed by atoms with Gasteiger partial charge in [-0.3, -0.25) is 4.79 Å². The number of H-pyrrole nitrogens is 1. The molecule has 3 aromatic rings. The van der Waals surface area contributed by atoms with Gasteiger partial charge in [0, 0.05) is 18.8 Å². The van der Waals surface area contributed by atoms with E-state index in [1.807, 2.05) is 18.2 Å². The zero-order chi connectivity index (χ0) is 19.6. The highest BCUT2D eigenvalue weighted by atomic mass is 32.1. The normalized spacial score (nSPS) is 11.4. The molecule has 140 valence electrons. The second kappa shape index (κ2) is 7.75. The lowest BCUT2D eigenvalue weighted by Crippen LogP contribution is -2.21. The standard InChI is InChI=1S/C20H21N3O3S/c1-4-23(5-2)14-9-6-13(7-10-14)8-11-15-21-18(24)16-12(3)17(20(25)26)27-19(16)22-15/h6-11H,4-5H2,1-3H3,(H,25,26)(H,21,22,24)/b11-8+. The highest BCUT2D eigenvalue weighted by molar-refractivity contribution is 7.20. The molecule has 0 saturated heterocycles. The number of benzene rings is 1. The van der Waals surface area contributed by atoms with Gasteiger partial charge < -0.3 is 15.0 Å². The zero-order valence-electron chi connectivity index (χ0n) is 15.4. The third-order valence-corrected chi connectivity index (χ3v) is 5.64. The summed E-state index contributed by atoms with van der Waals surface area (Å²) in [4.78, 5) is 33.6. The van der Waals surface area contributed by atoms with Crippen LogP contribution in [-0.4, -0.2) is 34.1 Å². The number of carboxylic acid groups (broad SMARTS) is 1. The van der Waals surface area contributed by atoms with Crippen molar-refractivity contribution < 1.29 is 9.90 Å². The molecule has 3 rings (SSSR count). The average molecular weight is 383 g/mol. The molecule has 0 unspecified atom stereocenters. The number of carbonyl (C=O) groups is 1. The number of hydrogen-bond acceptors (Lipinski definition) is 5. The van der Waals surface area contributed by atoms with E-state index in [1.54, 1.807) is 13.0 Å². The van der Waals surface area contributed by atoms with Crippen LogP contribution in [0.4, 0.5) is 5.69 Å². The third kappa shape index (κ3) is 3.78. The summed E-state index contributed by atoms with van der Waals surface area (Å²) < 4.78 is 0. The van der Waals surface area contributed by atoms with Crippen LogP contribution in [-0.2, 0) is 0 Å². The Hall–Kier alpha value is -2.93. The maximum absolute atomic E-state index is 12.3. The predicted molar refractivity (Wildman–Crippen MR) is 111 cm³/mol. The second-order valence-corrected chi connectivity index (χ2v) is 7.09. The molecule has 6 nitrogen and oxygen atoms in total.